The highest BCUT2D eigenvalue weighted by Crippen LogP contribution is 1.99. The Morgan fingerprint density at radius 1 is 1.20 bits per heavy atom. The van der Waals surface area contributed by atoms with Crippen molar-refractivity contribution in [2.24, 2.45) is 5.92 Å². The lowest BCUT2D eigenvalue weighted by atomic mass is 10.1. The van der Waals surface area contributed by atoms with E-state index in [9.17, 15) is 0 Å². The third-order valence-corrected chi connectivity index (χ3v) is 1.69. The fraction of sp³-hybridized carbons (Fsp3) is 1.00. The Hall–Kier alpha value is -0.0800. The number of hydrogen-bond donors (Lipinski definition) is 2. The van der Waals surface area contributed by atoms with Crippen LogP contribution >= 0.6 is 0 Å². The van der Waals surface area contributed by atoms with Crippen molar-refractivity contribution in [2.75, 3.05) is 19.8 Å². The van der Waals surface area contributed by atoms with Gasteiger partial charge in [0, 0.05) is 19.8 Å². The van der Waals surface area contributed by atoms with Crippen LogP contribution in [0.15, 0.2) is 0 Å². The first-order chi connectivity index (χ1) is 4.93. The van der Waals surface area contributed by atoms with Gasteiger partial charge >= 0.3 is 0 Å². The molecule has 1 rings (SSSR count). The molecule has 1 aliphatic heterocycles. The monoisotopic (exact) mass is 144 g/mol. The van der Waals surface area contributed by atoms with E-state index in [2.05, 4.69) is 17.6 Å². The Morgan fingerprint density at radius 3 is 2.00 bits per heavy atom. The molecule has 62 valence electrons. The molecule has 0 unspecified atom stereocenters. The van der Waals surface area contributed by atoms with Crippen LogP contribution in [0.25, 0.3) is 0 Å². The average molecular weight is 144 g/mol. The Balaban J connectivity index is 0.000000371. The lowest BCUT2D eigenvalue weighted by Gasteiger charge is -2.21. The molecule has 0 radical (unpaired) electrons. The van der Waals surface area contributed by atoms with E-state index in [1.807, 2.05) is 13.8 Å². The molecular weight excluding hydrogens is 124 g/mol. The first-order valence-corrected chi connectivity index (χ1v) is 4.35. The summed E-state index contributed by atoms with van der Waals surface area (Å²) in [5.41, 5.74) is 0. The van der Waals surface area contributed by atoms with Crippen molar-refractivity contribution >= 4 is 0 Å². The van der Waals surface area contributed by atoms with Gasteiger partial charge in [-0.25, -0.2) is 0 Å². The van der Waals surface area contributed by atoms with E-state index in [0.29, 0.717) is 0 Å². The lowest BCUT2D eigenvalue weighted by Crippen LogP contribution is -2.43. The second-order valence-corrected chi connectivity index (χ2v) is 2.36. The van der Waals surface area contributed by atoms with Crippen molar-refractivity contribution in [3.8, 4) is 0 Å². The number of hydrogen-bond acceptors (Lipinski definition) is 2. The average Bonchev–Trinajstić information content (AvgIpc) is 2.10. The Morgan fingerprint density at radius 2 is 1.70 bits per heavy atom. The number of nitrogens with one attached hydrogen (secondary N) is 2. The van der Waals surface area contributed by atoms with Gasteiger partial charge in [0.25, 0.3) is 0 Å². The smallest absolute Gasteiger partial charge is 0.0454 e. The quantitative estimate of drug-likeness (QED) is 0.577. The van der Waals surface area contributed by atoms with Crippen molar-refractivity contribution in [3.63, 3.8) is 0 Å². The van der Waals surface area contributed by atoms with Crippen LogP contribution in [0, 0.1) is 5.92 Å². The van der Waals surface area contributed by atoms with Crippen molar-refractivity contribution in [2.45, 2.75) is 27.2 Å². The second-order valence-electron chi connectivity index (χ2n) is 2.36. The van der Waals surface area contributed by atoms with Gasteiger partial charge in [-0.1, -0.05) is 27.2 Å². The molecule has 0 aromatic heterocycles. The van der Waals surface area contributed by atoms with E-state index in [4.69, 9.17) is 0 Å². The first-order valence-electron chi connectivity index (χ1n) is 4.35. The maximum Gasteiger partial charge on any atom is 0.0454 e. The van der Waals surface area contributed by atoms with Gasteiger partial charge in [-0.05, 0) is 5.92 Å². The minimum atomic E-state index is 0.865. The van der Waals surface area contributed by atoms with Gasteiger partial charge in [0.15, 0.2) is 0 Å². The summed E-state index contributed by atoms with van der Waals surface area (Å²) < 4.78 is 0. The molecule has 0 amide bonds. The third kappa shape index (κ3) is 3.85. The minimum absolute atomic E-state index is 0.865. The van der Waals surface area contributed by atoms with E-state index >= 15 is 0 Å². The minimum Gasteiger partial charge on any atom is -0.304 e. The largest absolute Gasteiger partial charge is 0.304 e. The molecule has 1 saturated heterocycles. The summed E-state index contributed by atoms with van der Waals surface area (Å²) in [6, 6.07) is 0. The molecular formula is C8H20N2. The predicted octanol–water partition coefficient (Wildman–Crippen LogP) is 1.19. The van der Waals surface area contributed by atoms with E-state index in [1.54, 1.807) is 0 Å². The zero-order valence-corrected chi connectivity index (χ0v) is 7.41. The van der Waals surface area contributed by atoms with Gasteiger partial charge in [0.1, 0.15) is 0 Å². The molecule has 0 aliphatic carbocycles. The summed E-state index contributed by atoms with van der Waals surface area (Å²) in [5.74, 6) is 0.865. The molecule has 10 heavy (non-hydrogen) atoms. The molecule has 0 spiro atoms. The molecule has 1 fully saturated rings. The Kier molecular flexibility index (Phi) is 6.98. The van der Waals surface area contributed by atoms with Crippen molar-refractivity contribution in [1.82, 2.24) is 10.6 Å². The van der Waals surface area contributed by atoms with Crippen LogP contribution in [0.5, 0.6) is 0 Å². The molecule has 2 N–H and O–H groups in total. The van der Waals surface area contributed by atoms with E-state index < -0.39 is 0 Å². The maximum atomic E-state index is 3.27. The molecule has 2 heteroatoms. The van der Waals surface area contributed by atoms with Gasteiger partial charge in [-0.2, -0.15) is 0 Å². The van der Waals surface area contributed by atoms with Crippen LogP contribution < -0.4 is 10.6 Å². The van der Waals surface area contributed by atoms with Crippen LogP contribution in [0.4, 0.5) is 0 Å². The standard InChI is InChI=1S/C6H14N2.C2H6/c1-2-6-3-7-5-8-4-6;1-2/h6-8H,2-5H2,1H3;1-2H3. The van der Waals surface area contributed by atoms with Crippen LogP contribution in [0.2, 0.25) is 0 Å². The third-order valence-electron chi connectivity index (χ3n) is 1.69. The highest BCUT2D eigenvalue weighted by molar-refractivity contribution is 4.67. The molecule has 2 nitrogen and oxygen atoms in total. The highest BCUT2D eigenvalue weighted by Gasteiger charge is 2.07. The SMILES string of the molecule is CC.CCC1CNCNC1. The summed E-state index contributed by atoms with van der Waals surface area (Å²) >= 11 is 0. The van der Waals surface area contributed by atoms with Gasteiger partial charge in [0.05, 0.1) is 0 Å². The Bertz CT molecular complexity index is 58.3. The van der Waals surface area contributed by atoms with Crippen LogP contribution in [0.1, 0.15) is 27.2 Å². The fourth-order valence-electron chi connectivity index (χ4n) is 1.00. The predicted molar refractivity (Wildman–Crippen MR) is 46.0 cm³/mol. The zero-order chi connectivity index (χ0) is 7.82. The Labute approximate surface area is 64.4 Å². The summed E-state index contributed by atoms with van der Waals surface area (Å²) in [4.78, 5) is 0. The van der Waals surface area contributed by atoms with Gasteiger partial charge in [0.2, 0.25) is 0 Å². The molecule has 1 heterocycles. The summed E-state index contributed by atoms with van der Waals surface area (Å²) in [7, 11) is 0. The summed E-state index contributed by atoms with van der Waals surface area (Å²) in [6.07, 6.45) is 1.29. The van der Waals surface area contributed by atoms with Crippen LogP contribution in [0.3, 0.4) is 0 Å². The van der Waals surface area contributed by atoms with Crippen LogP contribution in [-0.4, -0.2) is 19.8 Å². The first kappa shape index (κ1) is 9.92. The van der Waals surface area contributed by atoms with E-state index in [-0.39, 0.29) is 0 Å². The highest BCUT2D eigenvalue weighted by atomic mass is 15.1. The fourth-order valence-corrected chi connectivity index (χ4v) is 1.00. The molecule has 0 bridgehead atoms. The second kappa shape index (κ2) is 7.03. The van der Waals surface area contributed by atoms with E-state index in [0.717, 1.165) is 12.6 Å². The van der Waals surface area contributed by atoms with E-state index in [1.165, 1.54) is 19.5 Å². The van der Waals surface area contributed by atoms with Crippen molar-refractivity contribution in [1.29, 1.82) is 0 Å². The number of rotatable bonds is 1. The van der Waals surface area contributed by atoms with Crippen LogP contribution in [-0.2, 0) is 0 Å². The van der Waals surface area contributed by atoms with Gasteiger partial charge in [-0.15, -0.1) is 0 Å². The van der Waals surface area contributed by atoms with Gasteiger partial charge < -0.3 is 10.6 Å². The van der Waals surface area contributed by atoms with Crippen molar-refractivity contribution < 1.29 is 0 Å². The zero-order valence-electron chi connectivity index (χ0n) is 7.41. The molecule has 0 aromatic carbocycles. The topological polar surface area (TPSA) is 24.1 Å². The molecule has 0 atom stereocenters. The molecule has 0 aromatic rings. The lowest BCUT2D eigenvalue weighted by molar-refractivity contribution is 0.365. The van der Waals surface area contributed by atoms with Crippen molar-refractivity contribution in [3.05, 3.63) is 0 Å². The summed E-state index contributed by atoms with van der Waals surface area (Å²) in [5, 5.41) is 6.55. The molecule has 1 aliphatic rings. The normalized spacial score (nSPS) is 19.5. The molecule has 0 saturated carbocycles. The van der Waals surface area contributed by atoms with Gasteiger partial charge in [-0.3, -0.25) is 0 Å². The maximum absolute atomic E-state index is 3.27. The summed E-state index contributed by atoms with van der Waals surface area (Å²) in [6.45, 7) is 9.63.